The summed E-state index contributed by atoms with van der Waals surface area (Å²) in [5.41, 5.74) is 6.21. The summed E-state index contributed by atoms with van der Waals surface area (Å²) in [5.74, 6) is -1.04. The fraction of sp³-hybridized carbons (Fsp3) is 0.364. The van der Waals surface area contributed by atoms with E-state index in [2.05, 4.69) is 0 Å². The topological polar surface area (TPSA) is 63.3 Å². The number of hydrogen-bond acceptors (Lipinski definition) is 2. The first-order chi connectivity index (χ1) is 7.78. The van der Waals surface area contributed by atoms with Crippen LogP contribution in [0.2, 0.25) is 0 Å². The van der Waals surface area contributed by atoms with Gasteiger partial charge in [0.05, 0.1) is 12.8 Å². The summed E-state index contributed by atoms with van der Waals surface area (Å²) in [4.78, 5) is 10.4. The summed E-state index contributed by atoms with van der Waals surface area (Å²) in [6.07, 6.45) is -5.50. The molecule has 17 heavy (non-hydrogen) atoms. The Morgan fingerprint density at radius 1 is 1.29 bits per heavy atom. The second-order valence-corrected chi connectivity index (χ2v) is 3.74. The van der Waals surface area contributed by atoms with Crippen LogP contribution >= 0.6 is 0 Å². The molecule has 6 heteroatoms. The minimum atomic E-state index is -4.25. The molecule has 0 amide bonds. The number of rotatable bonds is 4. The van der Waals surface area contributed by atoms with E-state index in [9.17, 15) is 18.0 Å². The van der Waals surface area contributed by atoms with Crippen molar-refractivity contribution in [2.24, 2.45) is 5.73 Å². The zero-order valence-corrected chi connectivity index (χ0v) is 8.87. The standard InChI is InChI=1S/C11H12F3NO2/c12-11(13,14)6-7-1-3-8(4-2-7)9(15)5-10(16)17/h1-4,9H,5-6,15H2,(H,16,17). The van der Waals surface area contributed by atoms with Crippen LogP contribution in [0.15, 0.2) is 24.3 Å². The van der Waals surface area contributed by atoms with Gasteiger partial charge >= 0.3 is 12.1 Å². The molecule has 3 nitrogen and oxygen atoms in total. The second-order valence-electron chi connectivity index (χ2n) is 3.74. The Kier molecular flexibility index (Phi) is 4.11. The molecule has 1 rings (SSSR count). The van der Waals surface area contributed by atoms with Crippen molar-refractivity contribution in [1.82, 2.24) is 0 Å². The monoisotopic (exact) mass is 247 g/mol. The molecular formula is C11H12F3NO2. The summed E-state index contributed by atoms with van der Waals surface area (Å²) < 4.78 is 36.2. The highest BCUT2D eigenvalue weighted by molar-refractivity contribution is 5.67. The number of alkyl halides is 3. The van der Waals surface area contributed by atoms with Crippen molar-refractivity contribution in [3.05, 3.63) is 35.4 Å². The van der Waals surface area contributed by atoms with E-state index < -0.39 is 24.6 Å². The Morgan fingerprint density at radius 3 is 2.24 bits per heavy atom. The average molecular weight is 247 g/mol. The van der Waals surface area contributed by atoms with E-state index in [1.165, 1.54) is 24.3 Å². The summed E-state index contributed by atoms with van der Waals surface area (Å²) >= 11 is 0. The zero-order chi connectivity index (χ0) is 13.1. The molecule has 0 aromatic heterocycles. The smallest absolute Gasteiger partial charge is 0.393 e. The maximum Gasteiger partial charge on any atom is 0.393 e. The Hall–Kier alpha value is -1.56. The van der Waals surface area contributed by atoms with Crippen molar-refractivity contribution in [3.8, 4) is 0 Å². The third kappa shape index (κ3) is 4.86. The van der Waals surface area contributed by atoms with Gasteiger partial charge in [-0.05, 0) is 11.1 Å². The lowest BCUT2D eigenvalue weighted by Gasteiger charge is -2.11. The van der Waals surface area contributed by atoms with Crippen molar-refractivity contribution in [2.75, 3.05) is 0 Å². The van der Waals surface area contributed by atoms with Crippen LogP contribution in [0, 0.1) is 0 Å². The molecule has 0 radical (unpaired) electrons. The van der Waals surface area contributed by atoms with E-state index >= 15 is 0 Å². The first-order valence-electron chi connectivity index (χ1n) is 4.91. The highest BCUT2D eigenvalue weighted by Gasteiger charge is 2.27. The maximum atomic E-state index is 12.1. The highest BCUT2D eigenvalue weighted by atomic mass is 19.4. The lowest BCUT2D eigenvalue weighted by molar-refractivity contribution is -0.137. The minimum absolute atomic E-state index is 0.128. The van der Waals surface area contributed by atoms with E-state index in [0.29, 0.717) is 5.56 Å². The van der Waals surface area contributed by atoms with Gasteiger partial charge in [-0.15, -0.1) is 0 Å². The number of aliphatic carboxylic acids is 1. The van der Waals surface area contributed by atoms with Crippen LogP contribution < -0.4 is 5.73 Å². The number of hydrogen-bond donors (Lipinski definition) is 2. The summed E-state index contributed by atoms with van der Waals surface area (Å²) in [5, 5.41) is 8.52. The molecule has 1 aromatic carbocycles. The Labute approximate surface area is 96.0 Å². The molecule has 1 unspecified atom stereocenters. The predicted octanol–water partition coefficient (Wildman–Crippen LogP) is 2.27. The fourth-order valence-electron chi connectivity index (χ4n) is 1.42. The third-order valence-corrected chi connectivity index (χ3v) is 2.21. The SMILES string of the molecule is NC(CC(=O)O)c1ccc(CC(F)(F)F)cc1. The summed E-state index contributed by atoms with van der Waals surface area (Å²) in [6, 6.07) is 4.77. The van der Waals surface area contributed by atoms with Crippen LogP contribution in [0.25, 0.3) is 0 Å². The first kappa shape index (κ1) is 13.5. The molecule has 0 aliphatic rings. The summed E-state index contributed by atoms with van der Waals surface area (Å²) in [7, 11) is 0. The molecule has 0 spiro atoms. The second kappa shape index (κ2) is 5.18. The van der Waals surface area contributed by atoms with E-state index in [4.69, 9.17) is 10.8 Å². The first-order valence-corrected chi connectivity index (χ1v) is 4.91. The molecule has 0 aliphatic carbocycles. The van der Waals surface area contributed by atoms with Crippen LogP contribution in [0.3, 0.4) is 0 Å². The van der Waals surface area contributed by atoms with Gasteiger partial charge in [0.25, 0.3) is 0 Å². The van der Waals surface area contributed by atoms with Gasteiger partial charge in [0.1, 0.15) is 0 Å². The van der Waals surface area contributed by atoms with Gasteiger partial charge in [0.2, 0.25) is 0 Å². The van der Waals surface area contributed by atoms with Gasteiger partial charge < -0.3 is 10.8 Å². The Balaban J connectivity index is 2.71. The van der Waals surface area contributed by atoms with E-state index in [1.54, 1.807) is 0 Å². The molecule has 0 saturated carbocycles. The molecule has 0 fully saturated rings. The van der Waals surface area contributed by atoms with E-state index in [1.807, 2.05) is 0 Å². The third-order valence-electron chi connectivity index (χ3n) is 2.21. The van der Waals surface area contributed by atoms with Crippen molar-refractivity contribution in [2.45, 2.75) is 25.1 Å². The molecule has 0 bridgehead atoms. The molecule has 0 saturated heterocycles. The molecule has 0 aliphatic heterocycles. The Morgan fingerprint density at radius 2 is 1.82 bits per heavy atom. The van der Waals surface area contributed by atoms with E-state index in [-0.39, 0.29) is 12.0 Å². The quantitative estimate of drug-likeness (QED) is 0.857. The van der Waals surface area contributed by atoms with Crippen LogP contribution in [-0.4, -0.2) is 17.3 Å². The number of nitrogens with two attached hydrogens (primary N) is 1. The van der Waals surface area contributed by atoms with Gasteiger partial charge in [-0.25, -0.2) is 0 Å². The van der Waals surface area contributed by atoms with Crippen molar-refractivity contribution in [3.63, 3.8) is 0 Å². The zero-order valence-electron chi connectivity index (χ0n) is 8.87. The molecule has 1 atom stereocenters. The van der Waals surface area contributed by atoms with Gasteiger partial charge in [-0.3, -0.25) is 4.79 Å². The molecular weight excluding hydrogens is 235 g/mol. The number of carboxylic acid groups (broad SMARTS) is 1. The Bertz CT molecular complexity index is 387. The van der Waals surface area contributed by atoms with E-state index in [0.717, 1.165) is 0 Å². The van der Waals surface area contributed by atoms with Gasteiger partial charge in [-0.2, -0.15) is 13.2 Å². The molecule has 0 heterocycles. The molecule has 94 valence electrons. The number of halogens is 3. The van der Waals surface area contributed by atoms with Crippen LogP contribution in [-0.2, 0) is 11.2 Å². The normalized spacial score (nSPS) is 13.4. The number of benzene rings is 1. The van der Waals surface area contributed by atoms with Gasteiger partial charge in [0, 0.05) is 6.04 Å². The number of carboxylic acids is 1. The van der Waals surface area contributed by atoms with Crippen LogP contribution in [0.4, 0.5) is 13.2 Å². The largest absolute Gasteiger partial charge is 0.481 e. The summed E-state index contributed by atoms with van der Waals surface area (Å²) in [6.45, 7) is 0. The maximum absolute atomic E-state index is 12.1. The van der Waals surface area contributed by atoms with Crippen molar-refractivity contribution < 1.29 is 23.1 Å². The lowest BCUT2D eigenvalue weighted by atomic mass is 10.0. The van der Waals surface area contributed by atoms with Gasteiger partial charge in [-0.1, -0.05) is 24.3 Å². The number of carbonyl (C=O) groups is 1. The van der Waals surface area contributed by atoms with Crippen LogP contribution in [0.5, 0.6) is 0 Å². The lowest BCUT2D eigenvalue weighted by Crippen LogP contribution is -2.15. The highest BCUT2D eigenvalue weighted by Crippen LogP contribution is 2.22. The minimum Gasteiger partial charge on any atom is -0.481 e. The molecule has 3 N–H and O–H groups in total. The average Bonchev–Trinajstić information content (AvgIpc) is 2.15. The van der Waals surface area contributed by atoms with Gasteiger partial charge in [0.15, 0.2) is 0 Å². The predicted molar refractivity (Wildman–Crippen MR) is 55.4 cm³/mol. The fourth-order valence-corrected chi connectivity index (χ4v) is 1.42. The van der Waals surface area contributed by atoms with Crippen molar-refractivity contribution in [1.29, 1.82) is 0 Å². The van der Waals surface area contributed by atoms with Crippen LogP contribution in [0.1, 0.15) is 23.6 Å². The molecule has 1 aromatic rings. The van der Waals surface area contributed by atoms with Crippen molar-refractivity contribution >= 4 is 5.97 Å².